The fourth-order valence-corrected chi connectivity index (χ4v) is 5.42. The van der Waals surface area contributed by atoms with Crippen molar-refractivity contribution >= 4 is 37.8 Å². The largest absolute Gasteiger partial charge is 0.492 e. The van der Waals surface area contributed by atoms with E-state index in [9.17, 15) is 13.2 Å². The van der Waals surface area contributed by atoms with Crippen LogP contribution in [0, 0.1) is 0 Å². The van der Waals surface area contributed by atoms with Crippen molar-refractivity contribution in [1.82, 2.24) is 4.31 Å². The number of hydrogen-bond acceptors (Lipinski definition) is 5. The molecule has 0 amide bonds. The Kier molecular flexibility index (Phi) is 7.33. The molecule has 160 valence electrons. The number of nitrogens with zero attached hydrogens (tertiary/aromatic N) is 1. The lowest BCUT2D eigenvalue weighted by molar-refractivity contribution is 0.104. The molecular formula is C22H24BrNO5S. The Morgan fingerprint density at radius 1 is 1.17 bits per heavy atom. The second-order valence-electron chi connectivity index (χ2n) is 6.80. The lowest BCUT2D eigenvalue weighted by Gasteiger charge is -2.15. The smallest absolute Gasteiger partial charge is 0.243 e. The molecule has 2 aromatic carbocycles. The van der Waals surface area contributed by atoms with E-state index in [1.54, 1.807) is 31.4 Å². The first-order valence-electron chi connectivity index (χ1n) is 9.69. The molecule has 0 unspecified atom stereocenters. The van der Waals surface area contributed by atoms with Crippen molar-refractivity contribution in [2.24, 2.45) is 0 Å². The molecule has 0 aliphatic carbocycles. The number of allylic oxidation sites excluding steroid dienone is 1. The van der Waals surface area contributed by atoms with Gasteiger partial charge in [0.15, 0.2) is 17.3 Å². The van der Waals surface area contributed by atoms with Gasteiger partial charge in [0.05, 0.1) is 23.1 Å². The lowest BCUT2D eigenvalue weighted by atomic mass is 10.1. The Labute approximate surface area is 185 Å². The van der Waals surface area contributed by atoms with Crippen molar-refractivity contribution in [3.8, 4) is 11.5 Å². The van der Waals surface area contributed by atoms with Gasteiger partial charge in [0.2, 0.25) is 10.0 Å². The first-order valence-corrected chi connectivity index (χ1v) is 11.9. The summed E-state index contributed by atoms with van der Waals surface area (Å²) < 4.78 is 38.3. The minimum atomic E-state index is -3.49. The van der Waals surface area contributed by atoms with E-state index in [-0.39, 0.29) is 10.7 Å². The molecule has 30 heavy (non-hydrogen) atoms. The third-order valence-corrected chi connectivity index (χ3v) is 7.31. The minimum Gasteiger partial charge on any atom is -0.492 e. The van der Waals surface area contributed by atoms with E-state index in [0.29, 0.717) is 36.8 Å². The van der Waals surface area contributed by atoms with Crippen molar-refractivity contribution in [2.45, 2.75) is 24.7 Å². The van der Waals surface area contributed by atoms with Crippen molar-refractivity contribution in [3.63, 3.8) is 0 Å². The van der Waals surface area contributed by atoms with Crippen LogP contribution in [0.5, 0.6) is 11.5 Å². The Morgan fingerprint density at radius 3 is 2.43 bits per heavy atom. The molecule has 0 spiro atoms. The maximum Gasteiger partial charge on any atom is 0.243 e. The lowest BCUT2D eigenvalue weighted by Crippen LogP contribution is -2.27. The predicted molar refractivity (Wildman–Crippen MR) is 120 cm³/mol. The summed E-state index contributed by atoms with van der Waals surface area (Å²) in [5.74, 6) is 0.957. The van der Waals surface area contributed by atoms with Gasteiger partial charge < -0.3 is 9.47 Å². The van der Waals surface area contributed by atoms with Crippen molar-refractivity contribution < 1.29 is 22.7 Å². The summed E-state index contributed by atoms with van der Waals surface area (Å²) in [5.41, 5.74) is 1.19. The summed E-state index contributed by atoms with van der Waals surface area (Å²) >= 11 is 3.45. The van der Waals surface area contributed by atoms with Gasteiger partial charge in [0.25, 0.3) is 0 Å². The van der Waals surface area contributed by atoms with Crippen LogP contribution in [0.15, 0.2) is 51.8 Å². The molecule has 1 fully saturated rings. The number of carbonyl (C=O) groups is 1. The third-order valence-electron chi connectivity index (χ3n) is 4.80. The van der Waals surface area contributed by atoms with Gasteiger partial charge in [0.1, 0.15) is 0 Å². The summed E-state index contributed by atoms with van der Waals surface area (Å²) in [6.07, 6.45) is 4.90. The van der Waals surface area contributed by atoms with Crippen LogP contribution in [0.1, 0.15) is 35.7 Å². The van der Waals surface area contributed by atoms with E-state index in [1.165, 1.54) is 22.5 Å². The molecule has 2 aromatic rings. The van der Waals surface area contributed by atoms with Gasteiger partial charge in [-0.15, -0.1) is 0 Å². The molecule has 1 aliphatic rings. The molecule has 6 nitrogen and oxygen atoms in total. The molecule has 0 N–H and O–H groups in total. The SMILES string of the molecule is CCOc1cc(C=CC(=O)c2ccc(S(=O)(=O)N3CCCC3)cc2)cc(Br)c1OC. The van der Waals surface area contributed by atoms with Gasteiger partial charge in [-0.25, -0.2) is 8.42 Å². The molecule has 0 saturated carbocycles. The monoisotopic (exact) mass is 493 g/mol. The van der Waals surface area contributed by atoms with E-state index >= 15 is 0 Å². The highest BCUT2D eigenvalue weighted by atomic mass is 79.9. The van der Waals surface area contributed by atoms with Crippen LogP contribution in [-0.4, -0.2) is 45.3 Å². The Balaban J connectivity index is 1.77. The number of ketones is 1. The molecule has 0 aromatic heterocycles. The molecule has 0 bridgehead atoms. The van der Waals surface area contributed by atoms with Crippen LogP contribution in [0.3, 0.4) is 0 Å². The fraction of sp³-hybridized carbons (Fsp3) is 0.318. The molecule has 1 saturated heterocycles. The summed E-state index contributed by atoms with van der Waals surface area (Å²) in [6, 6.07) is 9.70. The summed E-state index contributed by atoms with van der Waals surface area (Å²) in [6.45, 7) is 3.47. The predicted octanol–water partition coefficient (Wildman–Crippen LogP) is 4.54. The molecule has 1 heterocycles. The van der Waals surface area contributed by atoms with Crippen LogP contribution in [0.4, 0.5) is 0 Å². The van der Waals surface area contributed by atoms with E-state index in [4.69, 9.17) is 9.47 Å². The van der Waals surface area contributed by atoms with Crippen molar-refractivity contribution in [1.29, 1.82) is 0 Å². The highest BCUT2D eigenvalue weighted by Crippen LogP contribution is 2.37. The average Bonchev–Trinajstić information content (AvgIpc) is 3.28. The van der Waals surface area contributed by atoms with Crippen LogP contribution in [-0.2, 0) is 10.0 Å². The first-order chi connectivity index (χ1) is 14.4. The second-order valence-corrected chi connectivity index (χ2v) is 9.59. The van der Waals surface area contributed by atoms with Crippen LogP contribution >= 0.6 is 15.9 Å². The average molecular weight is 494 g/mol. The zero-order valence-corrected chi connectivity index (χ0v) is 19.3. The first kappa shape index (κ1) is 22.5. The third kappa shape index (κ3) is 4.94. The molecule has 0 atom stereocenters. The number of halogens is 1. The normalized spacial score (nSPS) is 14.9. The van der Waals surface area contributed by atoms with E-state index in [0.717, 1.165) is 22.9 Å². The van der Waals surface area contributed by atoms with Crippen LogP contribution < -0.4 is 9.47 Å². The molecule has 3 rings (SSSR count). The standard InChI is InChI=1S/C22H24BrNO5S/c1-3-29-21-15-16(14-19(23)22(21)28-2)6-11-20(25)17-7-9-18(10-8-17)30(26,27)24-12-4-5-13-24/h6-11,14-15H,3-5,12-13H2,1-2H3. The summed E-state index contributed by atoms with van der Waals surface area (Å²) in [5, 5.41) is 0. The molecule has 8 heteroatoms. The number of ether oxygens (including phenoxy) is 2. The van der Waals surface area contributed by atoms with Crippen molar-refractivity contribution in [3.05, 3.63) is 58.1 Å². The number of hydrogen-bond donors (Lipinski definition) is 0. The number of benzene rings is 2. The molecule has 1 aliphatic heterocycles. The van der Waals surface area contributed by atoms with E-state index in [2.05, 4.69) is 15.9 Å². The molecular weight excluding hydrogens is 470 g/mol. The number of rotatable bonds is 8. The zero-order valence-electron chi connectivity index (χ0n) is 16.9. The summed E-state index contributed by atoms with van der Waals surface area (Å²) in [4.78, 5) is 12.8. The van der Waals surface area contributed by atoms with E-state index in [1.807, 2.05) is 13.0 Å². The fourth-order valence-electron chi connectivity index (χ4n) is 3.28. The topological polar surface area (TPSA) is 72.9 Å². The Hall–Kier alpha value is -2.16. The van der Waals surface area contributed by atoms with Gasteiger partial charge in [-0.2, -0.15) is 4.31 Å². The Bertz CT molecular complexity index is 1040. The van der Waals surface area contributed by atoms with E-state index < -0.39 is 10.0 Å². The number of methoxy groups -OCH3 is 1. The van der Waals surface area contributed by atoms with Crippen LogP contribution in [0.2, 0.25) is 0 Å². The van der Waals surface area contributed by atoms with Crippen molar-refractivity contribution in [2.75, 3.05) is 26.8 Å². The number of carbonyl (C=O) groups excluding carboxylic acids is 1. The van der Waals surface area contributed by atoms with Gasteiger partial charge in [0, 0.05) is 18.7 Å². The Morgan fingerprint density at radius 2 is 1.83 bits per heavy atom. The van der Waals surface area contributed by atoms with Gasteiger partial charge in [-0.05, 0) is 83.7 Å². The maximum absolute atomic E-state index is 12.6. The van der Waals surface area contributed by atoms with Gasteiger partial charge >= 0.3 is 0 Å². The van der Waals surface area contributed by atoms with Gasteiger partial charge in [-0.3, -0.25) is 4.79 Å². The maximum atomic E-state index is 12.6. The summed E-state index contributed by atoms with van der Waals surface area (Å²) in [7, 11) is -1.92. The highest BCUT2D eigenvalue weighted by Gasteiger charge is 2.27. The quantitative estimate of drug-likeness (QED) is 0.398. The highest BCUT2D eigenvalue weighted by molar-refractivity contribution is 9.10. The second kappa shape index (κ2) is 9.76. The van der Waals surface area contributed by atoms with Crippen LogP contribution in [0.25, 0.3) is 6.08 Å². The number of sulfonamides is 1. The van der Waals surface area contributed by atoms with Gasteiger partial charge in [-0.1, -0.05) is 6.08 Å². The molecule has 0 radical (unpaired) electrons. The zero-order chi connectivity index (χ0) is 21.7. The minimum absolute atomic E-state index is 0.213.